The van der Waals surface area contributed by atoms with Crippen molar-refractivity contribution in [2.24, 2.45) is 0 Å². The lowest BCUT2D eigenvalue weighted by atomic mass is 9.92. The summed E-state index contributed by atoms with van der Waals surface area (Å²) in [6.07, 6.45) is 1.45. The van der Waals surface area contributed by atoms with Gasteiger partial charge in [0.15, 0.2) is 0 Å². The molecule has 1 fully saturated rings. The minimum Gasteiger partial charge on any atom is -0.393 e. The van der Waals surface area contributed by atoms with Gasteiger partial charge in [0, 0.05) is 13.0 Å². The smallest absolute Gasteiger partial charge is 0.223 e. The Hall–Kier alpha value is -1.46. The lowest BCUT2D eigenvalue weighted by Gasteiger charge is -2.38. The number of carbonyl (C=O) groups excluding carboxylic acids is 1. The highest BCUT2D eigenvalue weighted by Gasteiger charge is 2.34. The summed E-state index contributed by atoms with van der Waals surface area (Å²) in [7, 11) is 0. The number of likely N-dealkylation sites (tertiary alicyclic amines) is 1. The van der Waals surface area contributed by atoms with Crippen LogP contribution in [0.4, 0.5) is 4.39 Å². The lowest BCUT2D eigenvalue weighted by Crippen LogP contribution is -2.52. The Kier molecular flexibility index (Phi) is 4.96. The monoisotopic (exact) mass is 295 g/mol. The third-order valence-corrected chi connectivity index (χ3v) is 4.10. The Morgan fingerprint density at radius 3 is 2.95 bits per heavy atom. The lowest BCUT2D eigenvalue weighted by molar-refractivity contribution is -0.141. The van der Waals surface area contributed by atoms with Crippen molar-refractivity contribution in [1.29, 1.82) is 0 Å². The first-order valence-electron chi connectivity index (χ1n) is 7.30. The Balaban J connectivity index is 1.97. The van der Waals surface area contributed by atoms with Gasteiger partial charge >= 0.3 is 0 Å². The van der Waals surface area contributed by atoms with E-state index in [2.05, 4.69) is 0 Å². The first-order chi connectivity index (χ1) is 9.93. The standard InChI is InChI=1S/C16H22FNO3/c1-12(13-4-2-5-14(17)9-13)8-15(20)18-7-3-6-16(21,10-18)11-19/h2,4-5,9,12,19,21H,3,6-8,10-11H2,1H3. The van der Waals surface area contributed by atoms with Crippen LogP contribution < -0.4 is 0 Å². The van der Waals surface area contributed by atoms with Gasteiger partial charge in [-0.3, -0.25) is 4.79 Å². The number of aliphatic hydroxyl groups excluding tert-OH is 1. The fourth-order valence-corrected chi connectivity index (χ4v) is 2.78. The van der Waals surface area contributed by atoms with Crippen molar-refractivity contribution < 1.29 is 19.4 Å². The molecule has 1 heterocycles. The number of hydrogen-bond acceptors (Lipinski definition) is 3. The highest BCUT2D eigenvalue weighted by atomic mass is 19.1. The second-order valence-electron chi connectivity index (χ2n) is 5.96. The minimum absolute atomic E-state index is 0.0710. The van der Waals surface area contributed by atoms with E-state index in [1.165, 1.54) is 12.1 Å². The predicted molar refractivity (Wildman–Crippen MR) is 77.3 cm³/mol. The molecule has 2 N–H and O–H groups in total. The van der Waals surface area contributed by atoms with E-state index in [1.807, 2.05) is 6.92 Å². The molecule has 0 spiro atoms. The summed E-state index contributed by atoms with van der Waals surface area (Å²) in [5.74, 6) is -0.463. The molecule has 4 nitrogen and oxygen atoms in total. The molecule has 1 aromatic rings. The summed E-state index contributed by atoms with van der Waals surface area (Å²) in [6.45, 7) is 2.31. The molecule has 0 aliphatic carbocycles. The van der Waals surface area contributed by atoms with Crippen molar-refractivity contribution in [2.45, 2.75) is 37.7 Å². The second-order valence-corrected chi connectivity index (χ2v) is 5.96. The molecular formula is C16H22FNO3. The number of aliphatic hydroxyl groups is 2. The summed E-state index contributed by atoms with van der Waals surface area (Å²) in [6, 6.07) is 6.26. The summed E-state index contributed by atoms with van der Waals surface area (Å²) in [5.41, 5.74) is -0.395. The van der Waals surface area contributed by atoms with Crippen LogP contribution in [0.5, 0.6) is 0 Å². The van der Waals surface area contributed by atoms with Gasteiger partial charge in [-0.25, -0.2) is 4.39 Å². The molecule has 1 aromatic carbocycles. The molecule has 116 valence electrons. The molecule has 21 heavy (non-hydrogen) atoms. The van der Waals surface area contributed by atoms with Gasteiger partial charge in [-0.05, 0) is 36.5 Å². The Morgan fingerprint density at radius 1 is 1.52 bits per heavy atom. The molecule has 2 rings (SSSR count). The van der Waals surface area contributed by atoms with E-state index in [0.717, 1.165) is 5.56 Å². The highest BCUT2D eigenvalue weighted by molar-refractivity contribution is 5.77. The van der Waals surface area contributed by atoms with Gasteiger partial charge in [0.2, 0.25) is 5.91 Å². The molecule has 2 atom stereocenters. The normalized spacial score (nSPS) is 23.9. The maximum absolute atomic E-state index is 13.2. The van der Waals surface area contributed by atoms with Crippen molar-refractivity contribution in [3.63, 3.8) is 0 Å². The van der Waals surface area contributed by atoms with Crippen LogP contribution in [0.2, 0.25) is 0 Å². The molecule has 0 radical (unpaired) electrons. The number of halogens is 1. The number of carbonyl (C=O) groups is 1. The van der Waals surface area contributed by atoms with Crippen LogP contribution >= 0.6 is 0 Å². The molecule has 0 saturated carbocycles. The van der Waals surface area contributed by atoms with Crippen molar-refractivity contribution in [3.8, 4) is 0 Å². The summed E-state index contributed by atoms with van der Waals surface area (Å²) >= 11 is 0. The number of nitrogens with zero attached hydrogens (tertiary/aromatic N) is 1. The van der Waals surface area contributed by atoms with Crippen LogP contribution in [0.15, 0.2) is 24.3 Å². The number of amides is 1. The maximum atomic E-state index is 13.2. The first kappa shape index (κ1) is 15.9. The molecule has 1 aliphatic rings. The van der Waals surface area contributed by atoms with E-state index in [-0.39, 0.29) is 37.2 Å². The second kappa shape index (κ2) is 6.54. The first-order valence-corrected chi connectivity index (χ1v) is 7.30. The van der Waals surface area contributed by atoms with E-state index in [9.17, 15) is 19.4 Å². The Labute approximate surface area is 124 Å². The number of hydrogen-bond donors (Lipinski definition) is 2. The van der Waals surface area contributed by atoms with Gasteiger partial charge in [0.25, 0.3) is 0 Å². The minimum atomic E-state index is -1.18. The average Bonchev–Trinajstić information content (AvgIpc) is 2.47. The topological polar surface area (TPSA) is 60.8 Å². The van der Waals surface area contributed by atoms with Gasteiger partial charge in [-0.2, -0.15) is 0 Å². The van der Waals surface area contributed by atoms with Crippen molar-refractivity contribution >= 4 is 5.91 Å². The molecule has 0 aromatic heterocycles. The number of benzene rings is 1. The zero-order valence-corrected chi connectivity index (χ0v) is 12.3. The summed E-state index contributed by atoms with van der Waals surface area (Å²) < 4.78 is 13.2. The summed E-state index contributed by atoms with van der Waals surface area (Å²) in [5, 5.41) is 19.3. The van der Waals surface area contributed by atoms with Gasteiger partial charge < -0.3 is 15.1 Å². The van der Waals surface area contributed by atoms with Gasteiger partial charge in [-0.1, -0.05) is 19.1 Å². The third kappa shape index (κ3) is 4.02. The van der Waals surface area contributed by atoms with Crippen LogP contribution in [-0.4, -0.2) is 46.3 Å². The fraction of sp³-hybridized carbons (Fsp3) is 0.562. The zero-order valence-electron chi connectivity index (χ0n) is 12.3. The van der Waals surface area contributed by atoms with Crippen LogP contribution in [0.25, 0.3) is 0 Å². The van der Waals surface area contributed by atoms with Crippen LogP contribution in [0, 0.1) is 5.82 Å². The highest BCUT2D eigenvalue weighted by Crippen LogP contribution is 2.25. The van der Waals surface area contributed by atoms with E-state index < -0.39 is 5.60 Å². The quantitative estimate of drug-likeness (QED) is 0.888. The van der Waals surface area contributed by atoms with Crippen molar-refractivity contribution in [1.82, 2.24) is 4.90 Å². The van der Waals surface area contributed by atoms with E-state index >= 15 is 0 Å². The Morgan fingerprint density at radius 2 is 2.29 bits per heavy atom. The van der Waals surface area contributed by atoms with Gasteiger partial charge in [0.1, 0.15) is 11.4 Å². The van der Waals surface area contributed by atoms with E-state index in [0.29, 0.717) is 19.4 Å². The molecule has 1 amide bonds. The van der Waals surface area contributed by atoms with E-state index in [4.69, 9.17) is 0 Å². The maximum Gasteiger partial charge on any atom is 0.223 e. The largest absolute Gasteiger partial charge is 0.393 e. The third-order valence-electron chi connectivity index (χ3n) is 4.10. The Bertz CT molecular complexity index is 508. The SMILES string of the molecule is CC(CC(=O)N1CCCC(O)(CO)C1)c1cccc(F)c1. The van der Waals surface area contributed by atoms with Crippen molar-refractivity contribution in [2.75, 3.05) is 19.7 Å². The van der Waals surface area contributed by atoms with Crippen LogP contribution in [-0.2, 0) is 4.79 Å². The molecule has 2 unspecified atom stereocenters. The van der Waals surface area contributed by atoms with E-state index in [1.54, 1.807) is 17.0 Å². The number of rotatable bonds is 4. The molecule has 1 saturated heterocycles. The van der Waals surface area contributed by atoms with Crippen LogP contribution in [0.3, 0.4) is 0 Å². The number of β-amino-alcohol motifs (C(OH)–C–C–N with tert-alkyl or cyclic N) is 1. The predicted octanol–water partition coefficient (Wildman–Crippen LogP) is 1.67. The fourth-order valence-electron chi connectivity index (χ4n) is 2.78. The zero-order chi connectivity index (χ0) is 15.5. The average molecular weight is 295 g/mol. The summed E-state index contributed by atoms with van der Waals surface area (Å²) in [4.78, 5) is 13.9. The molecular weight excluding hydrogens is 273 g/mol. The van der Waals surface area contributed by atoms with Gasteiger partial charge in [-0.15, -0.1) is 0 Å². The number of piperidine rings is 1. The van der Waals surface area contributed by atoms with Crippen LogP contribution in [0.1, 0.15) is 37.7 Å². The van der Waals surface area contributed by atoms with Crippen molar-refractivity contribution in [3.05, 3.63) is 35.6 Å². The molecule has 5 heteroatoms. The van der Waals surface area contributed by atoms with Gasteiger partial charge in [0.05, 0.1) is 13.2 Å². The molecule has 1 aliphatic heterocycles. The molecule has 0 bridgehead atoms.